The van der Waals surface area contributed by atoms with Crippen LogP contribution in [0.3, 0.4) is 0 Å². The molecular weight excluding hydrogens is 120 g/mol. The highest BCUT2D eigenvalue weighted by Crippen LogP contribution is 2.24. The van der Waals surface area contributed by atoms with Crippen molar-refractivity contribution in [1.82, 2.24) is 0 Å². The van der Waals surface area contributed by atoms with Crippen molar-refractivity contribution < 1.29 is 14.6 Å². The zero-order valence-corrected chi connectivity index (χ0v) is 4.70. The van der Waals surface area contributed by atoms with Gasteiger partial charge in [-0.3, -0.25) is 0 Å². The van der Waals surface area contributed by atoms with Crippen LogP contribution in [0, 0.1) is 12.3 Å². The summed E-state index contributed by atoms with van der Waals surface area (Å²) < 4.78 is 4.68. The van der Waals surface area contributed by atoms with Gasteiger partial charge in [-0.2, -0.15) is 0 Å². The topological polar surface area (TPSA) is 49.8 Å². The van der Waals surface area contributed by atoms with E-state index in [0.29, 0.717) is 6.42 Å². The maximum Gasteiger partial charge on any atom is 0.335 e. The molecule has 0 aromatic heterocycles. The lowest BCUT2D eigenvalue weighted by atomic mass is 10.2. The van der Waals surface area contributed by atoms with E-state index in [4.69, 9.17) is 11.5 Å². The first-order valence-corrected chi connectivity index (χ1v) is 2.57. The average Bonchev–Trinajstić information content (AvgIpc) is 2.47. The van der Waals surface area contributed by atoms with Crippen LogP contribution in [0.4, 0.5) is 0 Å². The van der Waals surface area contributed by atoms with Crippen molar-refractivity contribution in [3.05, 3.63) is 0 Å². The molecule has 0 saturated carbocycles. The van der Waals surface area contributed by atoms with E-state index in [2.05, 4.69) is 10.7 Å². The van der Waals surface area contributed by atoms with Crippen molar-refractivity contribution >= 4 is 5.97 Å². The Kier molecular flexibility index (Phi) is 1.41. The zero-order valence-electron chi connectivity index (χ0n) is 4.70. The number of rotatable bonds is 2. The second-order valence-corrected chi connectivity index (χ2v) is 1.84. The first-order chi connectivity index (χ1) is 4.25. The third-order valence-electron chi connectivity index (χ3n) is 1.14. The van der Waals surface area contributed by atoms with Gasteiger partial charge in [0.05, 0.1) is 0 Å². The number of terminal acetylenes is 1. The van der Waals surface area contributed by atoms with E-state index >= 15 is 0 Å². The first kappa shape index (κ1) is 6.12. The largest absolute Gasteiger partial charge is 0.479 e. The van der Waals surface area contributed by atoms with Gasteiger partial charge in [-0.1, -0.05) is 0 Å². The second-order valence-electron chi connectivity index (χ2n) is 1.84. The van der Waals surface area contributed by atoms with Gasteiger partial charge < -0.3 is 9.84 Å². The third kappa shape index (κ3) is 1.21. The van der Waals surface area contributed by atoms with Crippen molar-refractivity contribution in [2.24, 2.45) is 0 Å². The number of carboxylic acid groups (broad SMARTS) is 1. The minimum Gasteiger partial charge on any atom is -0.479 e. The fourth-order valence-electron chi connectivity index (χ4n) is 0.631. The second kappa shape index (κ2) is 2.08. The molecule has 3 nitrogen and oxygen atoms in total. The number of hydrogen-bond donors (Lipinski definition) is 1. The Morgan fingerprint density at radius 2 is 2.56 bits per heavy atom. The highest BCUT2D eigenvalue weighted by Gasteiger charge is 2.44. The smallest absolute Gasteiger partial charge is 0.335 e. The Labute approximate surface area is 52.6 Å². The monoisotopic (exact) mass is 126 g/mol. The zero-order chi connectivity index (χ0) is 6.85. The van der Waals surface area contributed by atoms with Crippen LogP contribution < -0.4 is 0 Å². The molecule has 0 aliphatic carbocycles. The van der Waals surface area contributed by atoms with Crippen LogP contribution in [-0.4, -0.2) is 23.3 Å². The summed E-state index contributed by atoms with van der Waals surface area (Å²) in [5.41, 5.74) is 0. The molecular formula is C6H6O3. The molecule has 1 N–H and O–H groups in total. The predicted molar refractivity (Wildman–Crippen MR) is 29.7 cm³/mol. The average molecular weight is 126 g/mol. The van der Waals surface area contributed by atoms with Crippen LogP contribution in [0.2, 0.25) is 0 Å². The van der Waals surface area contributed by atoms with E-state index in [1.165, 1.54) is 0 Å². The maximum atomic E-state index is 10.1. The molecule has 2 unspecified atom stereocenters. The normalized spacial score (nSPS) is 31.0. The lowest BCUT2D eigenvalue weighted by Gasteiger charge is -1.78. The third-order valence-corrected chi connectivity index (χ3v) is 1.14. The molecule has 1 aliphatic rings. The molecule has 48 valence electrons. The molecule has 1 rings (SSSR count). The lowest BCUT2D eigenvalue weighted by molar-refractivity contribution is -0.138. The summed E-state index contributed by atoms with van der Waals surface area (Å²) >= 11 is 0. The van der Waals surface area contributed by atoms with Gasteiger partial charge in [-0.15, -0.1) is 12.3 Å². The van der Waals surface area contributed by atoms with E-state index in [0.717, 1.165) is 0 Å². The van der Waals surface area contributed by atoms with E-state index < -0.39 is 12.1 Å². The van der Waals surface area contributed by atoms with E-state index in [1.54, 1.807) is 0 Å². The predicted octanol–water partition coefficient (Wildman–Crippen LogP) is -0.138. The number of aliphatic carboxylic acids is 1. The van der Waals surface area contributed by atoms with Crippen LogP contribution in [0.25, 0.3) is 0 Å². The molecule has 1 saturated heterocycles. The summed E-state index contributed by atoms with van der Waals surface area (Å²) in [7, 11) is 0. The molecule has 0 amide bonds. The van der Waals surface area contributed by atoms with E-state index in [9.17, 15) is 4.79 Å². The Morgan fingerprint density at radius 3 is 2.89 bits per heavy atom. The van der Waals surface area contributed by atoms with Gasteiger partial charge in [-0.05, 0) is 0 Å². The highest BCUT2D eigenvalue weighted by molar-refractivity contribution is 5.75. The number of hydrogen-bond acceptors (Lipinski definition) is 2. The molecule has 2 atom stereocenters. The molecule has 0 bridgehead atoms. The summed E-state index contributed by atoms with van der Waals surface area (Å²) in [6, 6.07) is 0. The molecule has 0 radical (unpaired) electrons. The molecule has 9 heavy (non-hydrogen) atoms. The van der Waals surface area contributed by atoms with Crippen molar-refractivity contribution in [3.63, 3.8) is 0 Å². The molecule has 1 fully saturated rings. The number of epoxide rings is 1. The molecule has 1 aliphatic heterocycles. The van der Waals surface area contributed by atoms with Gasteiger partial charge >= 0.3 is 5.97 Å². The fourth-order valence-corrected chi connectivity index (χ4v) is 0.631. The highest BCUT2D eigenvalue weighted by atomic mass is 16.6. The molecule has 0 aromatic carbocycles. The summed E-state index contributed by atoms with van der Waals surface area (Å²) in [4.78, 5) is 10.1. The SMILES string of the molecule is C#CCC1OC1C(=O)O. The number of carboxylic acids is 1. The Bertz CT molecular complexity index is 168. The molecule has 0 spiro atoms. The van der Waals surface area contributed by atoms with Gasteiger partial charge in [-0.25, -0.2) is 4.79 Å². The molecule has 0 aromatic rings. The molecule has 3 heteroatoms. The van der Waals surface area contributed by atoms with Gasteiger partial charge in [0.2, 0.25) is 0 Å². The Morgan fingerprint density at radius 1 is 1.89 bits per heavy atom. The van der Waals surface area contributed by atoms with Crippen molar-refractivity contribution in [3.8, 4) is 12.3 Å². The standard InChI is InChI=1S/C6H6O3/c1-2-3-4-5(9-4)6(7)8/h1,4-5H,3H2,(H,7,8). The van der Waals surface area contributed by atoms with Crippen molar-refractivity contribution in [1.29, 1.82) is 0 Å². The number of carbonyl (C=O) groups is 1. The summed E-state index contributed by atoms with van der Waals surface area (Å²) in [5.74, 6) is 1.41. The van der Waals surface area contributed by atoms with Crippen molar-refractivity contribution in [2.45, 2.75) is 18.6 Å². The van der Waals surface area contributed by atoms with Crippen LogP contribution in [0.1, 0.15) is 6.42 Å². The van der Waals surface area contributed by atoms with Crippen LogP contribution >= 0.6 is 0 Å². The maximum absolute atomic E-state index is 10.1. The van der Waals surface area contributed by atoms with E-state index in [-0.39, 0.29) is 6.10 Å². The van der Waals surface area contributed by atoms with Gasteiger partial charge in [0.25, 0.3) is 0 Å². The van der Waals surface area contributed by atoms with Gasteiger partial charge in [0.15, 0.2) is 6.10 Å². The minimum absolute atomic E-state index is 0.229. The van der Waals surface area contributed by atoms with Crippen LogP contribution in [0.15, 0.2) is 0 Å². The summed E-state index contributed by atoms with van der Waals surface area (Å²) in [6.45, 7) is 0. The quantitative estimate of drug-likeness (QED) is 0.414. The van der Waals surface area contributed by atoms with Crippen molar-refractivity contribution in [2.75, 3.05) is 0 Å². The van der Waals surface area contributed by atoms with Crippen LogP contribution in [0.5, 0.6) is 0 Å². The Hall–Kier alpha value is -1.01. The number of ether oxygens (including phenoxy) is 1. The first-order valence-electron chi connectivity index (χ1n) is 2.57. The van der Waals surface area contributed by atoms with Crippen LogP contribution in [-0.2, 0) is 9.53 Å². The summed E-state index contributed by atoms with van der Waals surface area (Å²) in [5, 5.41) is 8.26. The fraction of sp³-hybridized carbons (Fsp3) is 0.500. The van der Waals surface area contributed by atoms with Gasteiger partial charge in [0.1, 0.15) is 6.10 Å². The van der Waals surface area contributed by atoms with E-state index in [1.807, 2.05) is 0 Å². The molecule has 1 heterocycles. The Balaban J connectivity index is 2.27. The van der Waals surface area contributed by atoms with Gasteiger partial charge in [0, 0.05) is 6.42 Å². The summed E-state index contributed by atoms with van der Waals surface area (Å²) in [6.07, 6.45) is 4.44. The lowest BCUT2D eigenvalue weighted by Crippen LogP contribution is -2.07. The minimum atomic E-state index is -0.921.